The van der Waals surface area contributed by atoms with Crippen LogP contribution in [0.5, 0.6) is 0 Å². The molecule has 2 rings (SSSR count). The minimum atomic E-state index is -0.417. The zero-order valence-corrected chi connectivity index (χ0v) is 9.46. The van der Waals surface area contributed by atoms with Gasteiger partial charge in [0.2, 0.25) is 0 Å². The maximum atomic E-state index is 10.7. The molecule has 1 aromatic carbocycles. The molecule has 1 aromatic rings. The molecule has 1 heterocycles. The summed E-state index contributed by atoms with van der Waals surface area (Å²) in [6.07, 6.45) is 0. The highest BCUT2D eigenvalue weighted by atomic mass is 16.6. The molecule has 17 heavy (non-hydrogen) atoms. The smallest absolute Gasteiger partial charge is 0.271 e. The molecule has 0 spiro atoms. The van der Waals surface area contributed by atoms with Crippen LogP contribution in [-0.4, -0.2) is 36.1 Å². The van der Waals surface area contributed by atoms with Gasteiger partial charge in [0.05, 0.1) is 18.1 Å². The molecule has 1 aliphatic heterocycles. The van der Waals surface area contributed by atoms with E-state index < -0.39 is 4.92 Å². The molecule has 6 heteroatoms. The fraction of sp³-hybridized carbons (Fsp3) is 0.455. The molecule has 0 bridgehead atoms. The van der Waals surface area contributed by atoms with Crippen molar-refractivity contribution in [2.75, 3.05) is 32.0 Å². The molecule has 2 N–H and O–H groups in total. The lowest BCUT2D eigenvalue weighted by molar-refractivity contribution is -0.384. The van der Waals surface area contributed by atoms with Gasteiger partial charge in [-0.25, -0.2) is 0 Å². The summed E-state index contributed by atoms with van der Waals surface area (Å²) in [6.45, 7) is 3.80. The highest BCUT2D eigenvalue weighted by molar-refractivity contribution is 5.50. The summed E-state index contributed by atoms with van der Waals surface area (Å²) >= 11 is 0. The number of morpholine rings is 1. The lowest BCUT2D eigenvalue weighted by atomic mass is 10.1. The second-order valence-corrected chi connectivity index (χ2v) is 4.08. The summed E-state index contributed by atoms with van der Waals surface area (Å²) in [6, 6.07) is 4.73. The van der Waals surface area contributed by atoms with Crippen molar-refractivity contribution in [1.82, 2.24) is 4.90 Å². The highest BCUT2D eigenvalue weighted by Crippen LogP contribution is 2.20. The first-order valence-corrected chi connectivity index (χ1v) is 5.49. The Balaban J connectivity index is 2.11. The van der Waals surface area contributed by atoms with E-state index in [1.165, 1.54) is 6.07 Å². The van der Waals surface area contributed by atoms with E-state index in [9.17, 15) is 10.1 Å². The molecular formula is C11H15N3O3. The van der Waals surface area contributed by atoms with E-state index in [0.29, 0.717) is 25.4 Å². The Hall–Kier alpha value is -1.66. The van der Waals surface area contributed by atoms with Gasteiger partial charge in [-0.2, -0.15) is 0 Å². The number of benzene rings is 1. The Kier molecular flexibility index (Phi) is 3.55. The molecule has 92 valence electrons. The predicted molar refractivity (Wildman–Crippen MR) is 63.6 cm³/mol. The largest absolute Gasteiger partial charge is 0.399 e. The minimum Gasteiger partial charge on any atom is -0.399 e. The van der Waals surface area contributed by atoms with Gasteiger partial charge >= 0.3 is 0 Å². The van der Waals surface area contributed by atoms with Crippen LogP contribution < -0.4 is 5.73 Å². The molecule has 1 aliphatic rings. The van der Waals surface area contributed by atoms with Gasteiger partial charge in [-0.3, -0.25) is 15.0 Å². The lowest BCUT2D eigenvalue weighted by Gasteiger charge is -2.26. The van der Waals surface area contributed by atoms with E-state index in [1.807, 2.05) is 0 Å². The first kappa shape index (κ1) is 11.8. The van der Waals surface area contributed by atoms with Gasteiger partial charge in [0, 0.05) is 37.5 Å². The van der Waals surface area contributed by atoms with Crippen molar-refractivity contribution in [2.24, 2.45) is 0 Å². The maximum absolute atomic E-state index is 10.7. The van der Waals surface area contributed by atoms with E-state index in [-0.39, 0.29) is 5.69 Å². The van der Waals surface area contributed by atoms with Gasteiger partial charge in [-0.05, 0) is 11.6 Å². The summed E-state index contributed by atoms with van der Waals surface area (Å²) in [7, 11) is 0. The van der Waals surface area contributed by atoms with Crippen molar-refractivity contribution in [3.63, 3.8) is 0 Å². The van der Waals surface area contributed by atoms with Crippen LogP contribution >= 0.6 is 0 Å². The number of nitrogens with two attached hydrogens (primary N) is 1. The van der Waals surface area contributed by atoms with Crippen LogP contribution in [0, 0.1) is 10.1 Å². The van der Waals surface area contributed by atoms with Crippen LogP contribution in [0.25, 0.3) is 0 Å². The molecule has 0 aromatic heterocycles. The van der Waals surface area contributed by atoms with Gasteiger partial charge in [-0.1, -0.05) is 0 Å². The van der Waals surface area contributed by atoms with Crippen LogP contribution in [0.4, 0.5) is 11.4 Å². The number of hydrogen-bond donors (Lipinski definition) is 1. The second-order valence-electron chi connectivity index (χ2n) is 4.08. The summed E-state index contributed by atoms with van der Waals surface area (Å²) in [5, 5.41) is 10.7. The maximum Gasteiger partial charge on any atom is 0.271 e. The van der Waals surface area contributed by atoms with Crippen molar-refractivity contribution in [2.45, 2.75) is 6.54 Å². The topological polar surface area (TPSA) is 81.6 Å². The third-order valence-corrected chi connectivity index (χ3v) is 2.72. The Morgan fingerprint density at radius 2 is 2.06 bits per heavy atom. The van der Waals surface area contributed by atoms with Crippen LogP contribution in [0.2, 0.25) is 0 Å². The molecule has 0 amide bonds. The van der Waals surface area contributed by atoms with Gasteiger partial charge in [0.1, 0.15) is 0 Å². The molecule has 6 nitrogen and oxygen atoms in total. The van der Waals surface area contributed by atoms with Gasteiger partial charge in [0.15, 0.2) is 0 Å². The number of nitrogens with zero attached hydrogens (tertiary/aromatic N) is 2. The average Bonchev–Trinajstić information content (AvgIpc) is 2.29. The van der Waals surface area contributed by atoms with Crippen LogP contribution in [0.3, 0.4) is 0 Å². The quantitative estimate of drug-likeness (QED) is 0.482. The van der Waals surface area contributed by atoms with Crippen LogP contribution in [0.1, 0.15) is 5.56 Å². The Morgan fingerprint density at radius 1 is 1.35 bits per heavy atom. The van der Waals surface area contributed by atoms with E-state index in [1.54, 1.807) is 12.1 Å². The van der Waals surface area contributed by atoms with E-state index in [4.69, 9.17) is 10.5 Å². The van der Waals surface area contributed by atoms with Crippen molar-refractivity contribution in [3.05, 3.63) is 33.9 Å². The summed E-state index contributed by atoms with van der Waals surface area (Å²) in [5.74, 6) is 0. The number of nitro groups is 1. The number of ether oxygens (including phenoxy) is 1. The first-order valence-electron chi connectivity index (χ1n) is 5.49. The molecule has 0 aliphatic carbocycles. The van der Waals surface area contributed by atoms with Gasteiger partial charge < -0.3 is 10.5 Å². The first-order chi connectivity index (χ1) is 8.15. The second kappa shape index (κ2) is 5.11. The zero-order chi connectivity index (χ0) is 12.3. The molecule has 1 fully saturated rings. The SMILES string of the molecule is Nc1cc(CN2CCOCC2)cc([N+](=O)[O-])c1. The van der Waals surface area contributed by atoms with Crippen LogP contribution in [0.15, 0.2) is 18.2 Å². The Morgan fingerprint density at radius 3 is 2.71 bits per heavy atom. The fourth-order valence-electron chi connectivity index (χ4n) is 1.91. The monoisotopic (exact) mass is 237 g/mol. The van der Waals surface area contributed by atoms with Crippen molar-refractivity contribution >= 4 is 11.4 Å². The number of nitro benzene ring substituents is 1. The number of hydrogen-bond acceptors (Lipinski definition) is 5. The molecular weight excluding hydrogens is 222 g/mol. The number of nitrogen functional groups attached to an aromatic ring is 1. The number of non-ortho nitro benzene ring substituents is 1. The third-order valence-electron chi connectivity index (χ3n) is 2.72. The standard InChI is InChI=1S/C11H15N3O3/c12-10-5-9(6-11(7-10)14(15)16)8-13-1-3-17-4-2-13/h5-7H,1-4,8,12H2. The molecule has 0 radical (unpaired) electrons. The van der Waals surface area contributed by atoms with Crippen molar-refractivity contribution in [1.29, 1.82) is 0 Å². The molecule has 1 saturated heterocycles. The zero-order valence-electron chi connectivity index (χ0n) is 9.46. The summed E-state index contributed by atoms with van der Waals surface area (Å²) in [5.41, 5.74) is 7.01. The van der Waals surface area contributed by atoms with Gasteiger partial charge in [0.25, 0.3) is 5.69 Å². The summed E-state index contributed by atoms with van der Waals surface area (Å²) < 4.78 is 5.25. The third kappa shape index (κ3) is 3.15. The van der Waals surface area contributed by atoms with E-state index in [0.717, 1.165) is 18.7 Å². The van der Waals surface area contributed by atoms with Crippen molar-refractivity contribution in [3.8, 4) is 0 Å². The Labute approximate surface area is 99.1 Å². The number of rotatable bonds is 3. The highest BCUT2D eigenvalue weighted by Gasteiger charge is 2.13. The van der Waals surface area contributed by atoms with Crippen LogP contribution in [-0.2, 0) is 11.3 Å². The Bertz CT molecular complexity index is 416. The predicted octanol–water partition coefficient (Wildman–Crippen LogP) is 1.01. The van der Waals surface area contributed by atoms with Crippen molar-refractivity contribution < 1.29 is 9.66 Å². The molecule has 0 saturated carbocycles. The van der Waals surface area contributed by atoms with E-state index >= 15 is 0 Å². The minimum absolute atomic E-state index is 0.0493. The molecule has 0 atom stereocenters. The van der Waals surface area contributed by atoms with E-state index in [2.05, 4.69) is 4.90 Å². The number of anilines is 1. The van der Waals surface area contributed by atoms with Gasteiger partial charge in [-0.15, -0.1) is 0 Å². The molecule has 0 unspecified atom stereocenters. The lowest BCUT2D eigenvalue weighted by Crippen LogP contribution is -2.35. The summed E-state index contributed by atoms with van der Waals surface area (Å²) in [4.78, 5) is 12.5. The fourth-order valence-corrected chi connectivity index (χ4v) is 1.91. The average molecular weight is 237 g/mol. The normalized spacial score (nSPS) is 16.9.